The van der Waals surface area contributed by atoms with Crippen LogP contribution in [0.3, 0.4) is 0 Å². The number of aromatic nitrogens is 2. The van der Waals surface area contributed by atoms with Crippen molar-refractivity contribution >= 4 is 45.0 Å². The van der Waals surface area contributed by atoms with E-state index in [4.69, 9.17) is 11.6 Å². The first-order chi connectivity index (χ1) is 9.97. The smallest absolute Gasteiger partial charge is 0.232 e. The summed E-state index contributed by atoms with van der Waals surface area (Å²) in [6.45, 7) is 1.73. The molecule has 1 amide bonds. The molecule has 2 heterocycles. The Balaban J connectivity index is 2.11. The van der Waals surface area contributed by atoms with Gasteiger partial charge in [-0.1, -0.05) is 34.1 Å². The third-order valence-corrected chi connectivity index (χ3v) is 5.04. The number of hydrogen-bond donors (Lipinski definition) is 1. The molecule has 0 aromatic carbocycles. The predicted molar refractivity (Wildman–Crippen MR) is 87.1 cm³/mol. The van der Waals surface area contributed by atoms with Crippen LogP contribution in [0.15, 0.2) is 24.5 Å². The predicted octanol–water partition coefficient (Wildman–Crippen LogP) is 2.81. The number of carbonyl (C=O) groups excluding carboxylic acids is 1. The summed E-state index contributed by atoms with van der Waals surface area (Å²) in [6.07, 6.45) is 4.93. The Labute approximate surface area is 135 Å². The van der Waals surface area contributed by atoms with Gasteiger partial charge < -0.3 is 9.87 Å². The number of rotatable bonds is 5. The molecule has 2 atom stereocenters. The molecule has 0 aliphatic heterocycles. The fourth-order valence-electron chi connectivity index (χ4n) is 1.65. The normalized spacial score (nSPS) is 13.7. The Morgan fingerprint density at radius 3 is 3.00 bits per heavy atom. The van der Waals surface area contributed by atoms with E-state index in [2.05, 4.69) is 15.3 Å². The largest absolute Gasteiger partial charge is 0.617 e. The Bertz CT molecular complexity index is 619. The van der Waals surface area contributed by atoms with E-state index >= 15 is 0 Å². The van der Waals surface area contributed by atoms with E-state index < -0.39 is 11.2 Å². The van der Waals surface area contributed by atoms with Crippen molar-refractivity contribution in [2.75, 3.05) is 17.3 Å². The average molecular weight is 344 g/mol. The number of nitrogens with zero attached hydrogens (tertiary/aromatic N) is 2. The topological polar surface area (TPSA) is 77.9 Å². The van der Waals surface area contributed by atoms with Crippen molar-refractivity contribution in [1.82, 2.24) is 9.97 Å². The molecule has 0 aliphatic carbocycles. The van der Waals surface area contributed by atoms with E-state index in [1.807, 2.05) is 12.1 Å². The monoisotopic (exact) mass is 343 g/mol. The lowest BCUT2D eigenvalue weighted by Gasteiger charge is -2.11. The molecule has 1 N–H and O–H groups in total. The number of amides is 1. The molecule has 112 valence electrons. The Kier molecular flexibility index (Phi) is 5.58. The van der Waals surface area contributed by atoms with Crippen LogP contribution in [0, 0.1) is 5.92 Å². The molecule has 8 heteroatoms. The van der Waals surface area contributed by atoms with Crippen LogP contribution in [0.2, 0.25) is 5.15 Å². The minimum absolute atomic E-state index is 0.214. The second-order valence-electron chi connectivity index (χ2n) is 4.51. The molecule has 21 heavy (non-hydrogen) atoms. The third kappa shape index (κ3) is 4.41. The summed E-state index contributed by atoms with van der Waals surface area (Å²) >= 11 is 6.32. The SMILES string of the molecule is CC(C[S@+](C)[O-])C(=O)Nc1sc(-c2cccnc2)nc1Cl. The summed E-state index contributed by atoms with van der Waals surface area (Å²) in [6, 6.07) is 3.68. The fourth-order valence-corrected chi connectivity index (χ4v) is 3.66. The van der Waals surface area contributed by atoms with Gasteiger partial charge in [0.2, 0.25) is 5.91 Å². The summed E-state index contributed by atoms with van der Waals surface area (Å²) in [5, 5.41) is 4.17. The van der Waals surface area contributed by atoms with Crippen molar-refractivity contribution in [2.45, 2.75) is 6.92 Å². The number of carbonyl (C=O) groups is 1. The summed E-state index contributed by atoms with van der Waals surface area (Å²) in [5.41, 5.74) is 0.840. The van der Waals surface area contributed by atoms with Crippen molar-refractivity contribution in [2.24, 2.45) is 5.92 Å². The van der Waals surface area contributed by atoms with Crippen LogP contribution < -0.4 is 5.32 Å². The van der Waals surface area contributed by atoms with Gasteiger partial charge in [-0.15, -0.1) is 0 Å². The van der Waals surface area contributed by atoms with Crippen LogP contribution in [0.1, 0.15) is 6.92 Å². The van der Waals surface area contributed by atoms with E-state index in [0.29, 0.717) is 15.8 Å². The number of thiazole rings is 1. The van der Waals surface area contributed by atoms with E-state index in [1.165, 1.54) is 11.3 Å². The summed E-state index contributed by atoms with van der Waals surface area (Å²) in [7, 11) is 0. The molecule has 0 saturated heterocycles. The van der Waals surface area contributed by atoms with E-state index in [1.54, 1.807) is 25.6 Å². The highest BCUT2D eigenvalue weighted by Crippen LogP contribution is 2.34. The molecular formula is C13H14ClN3O2S2. The maximum Gasteiger partial charge on any atom is 0.232 e. The minimum atomic E-state index is -1.02. The Morgan fingerprint density at radius 2 is 2.38 bits per heavy atom. The van der Waals surface area contributed by atoms with Crippen LogP contribution in [-0.4, -0.2) is 32.4 Å². The zero-order valence-corrected chi connectivity index (χ0v) is 13.9. The number of halogens is 1. The van der Waals surface area contributed by atoms with E-state index in [-0.39, 0.29) is 17.0 Å². The van der Waals surface area contributed by atoms with Gasteiger partial charge in [-0.25, -0.2) is 4.98 Å². The molecule has 1 unspecified atom stereocenters. The first-order valence-electron chi connectivity index (χ1n) is 6.15. The zero-order chi connectivity index (χ0) is 15.4. The third-order valence-electron chi connectivity index (χ3n) is 2.66. The maximum absolute atomic E-state index is 12.0. The van der Waals surface area contributed by atoms with Crippen molar-refractivity contribution in [3.8, 4) is 10.6 Å². The highest BCUT2D eigenvalue weighted by molar-refractivity contribution is 7.90. The number of pyridine rings is 1. The van der Waals surface area contributed by atoms with Crippen molar-refractivity contribution in [1.29, 1.82) is 0 Å². The molecule has 0 bridgehead atoms. The number of anilines is 1. The highest BCUT2D eigenvalue weighted by atomic mass is 35.5. The fraction of sp³-hybridized carbons (Fsp3) is 0.308. The molecular weight excluding hydrogens is 330 g/mol. The van der Waals surface area contributed by atoms with Crippen molar-refractivity contribution in [3.05, 3.63) is 29.7 Å². The van der Waals surface area contributed by atoms with Crippen LogP contribution in [-0.2, 0) is 16.0 Å². The summed E-state index contributed by atoms with van der Waals surface area (Å²) < 4.78 is 11.2. The second kappa shape index (κ2) is 7.22. The zero-order valence-electron chi connectivity index (χ0n) is 11.5. The van der Waals surface area contributed by atoms with Gasteiger partial charge in [-0.3, -0.25) is 9.78 Å². The first kappa shape index (κ1) is 16.2. The highest BCUT2D eigenvalue weighted by Gasteiger charge is 2.20. The van der Waals surface area contributed by atoms with Gasteiger partial charge in [0.15, 0.2) is 5.15 Å². The standard InChI is InChI=1S/C13H14ClN3O2S2/c1-8(7-21(2)19)11(18)17-13-10(14)16-12(20-13)9-4-3-5-15-6-9/h3-6,8H,7H2,1-2H3,(H,17,18)/t8?,21-/m0/s1. The molecule has 2 aromatic heterocycles. The average Bonchev–Trinajstić information content (AvgIpc) is 2.80. The quantitative estimate of drug-likeness (QED) is 0.847. The summed E-state index contributed by atoms with van der Waals surface area (Å²) in [5.74, 6) is -0.248. The maximum atomic E-state index is 12.0. The summed E-state index contributed by atoms with van der Waals surface area (Å²) in [4.78, 5) is 20.3. The van der Waals surface area contributed by atoms with Gasteiger partial charge in [-0.05, 0) is 19.1 Å². The van der Waals surface area contributed by atoms with Gasteiger partial charge in [-0.2, -0.15) is 0 Å². The van der Waals surface area contributed by atoms with Gasteiger partial charge in [0.25, 0.3) is 0 Å². The van der Waals surface area contributed by atoms with Crippen molar-refractivity contribution < 1.29 is 9.35 Å². The molecule has 0 saturated carbocycles. The molecule has 0 fully saturated rings. The van der Waals surface area contributed by atoms with Crippen LogP contribution in [0.5, 0.6) is 0 Å². The van der Waals surface area contributed by atoms with Gasteiger partial charge in [0.1, 0.15) is 15.8 Å². The van der Waals surface area contributed by atoms with E-state index in [0.717, 1.165) is 5.56 Å². The van der Waals surface area contributed by atoms with E-state index in [9.17, 15) is 9.35 Å². The molecule has 2 aromatic rings. The second-order valence-corrected chi connectivity index (χ2v) is 7.35. The molecule has 0 spiro atoms. The molecule has 0 aliphatic rings. The van der Waals surface area contributed by atoms with Crippen molar-refractivity contribution in [3.63, 3.8) is 0 Å². The Hall–Kier alpha value is -1.15. The van der Waals surface area contributed by atoms with Crippen LogP contribution in [0.4, 0.5) is 5.00 Å². The number of nitrogens with one attached hydrogen (secondary N) is 1. The molecule has 0 radical (unpaired) electrons. The lowest BCUT2D eigenvalue weighted by Crippen LogP contribution is -2.26. The number of hydrogen-bond acceptors (Lipinski definition) is 5. The van der Waals surface area contributed by atoms with Gasteiger partial charge in [0.05, 0.1) is 12.2 Å². The molecule has 5 nitrogen and oxygen atoms in total. The lowest BCUT2D eigenvalue weighted by molar-refractivity contribution is -0.118. The minimum Gasteiger partial charge on any atom is -0.617 e. The Morgan fingerprint density at radius 1 is 1.62 bits per heavy atom. The first-order valence-corrected chi connectivity index (χ1v) is 9.07. The van der Waals surface area contributed by atoms with Gasteiger partial charge >= 0.3 is 0 Å². The van der Waals surface area contributed by atoms with Gasteiger partial charge in [0, 0.05) is 18.0 Å². The van der Waals surface area contributed by atoms with Crippen LogP contribution in [0.25, 0.3) is 10.6 Å². The lowest BCUT2D eigenvalue weighted by atomic mass is 10.2. The molecule has 2 rings (SSSR count). The van der Waals surface area contributed by atoms with Crippen LogP contribution >= 0.6 is 22.9 Å².